The first kappa shape index (κ1) is 26.3. The van der Waals surface area contributed by atoms with Gasteiger partial charge in [-0.15, -0.1) is 0 Å². The minimum absolute atomic E-state index is 0.0778. The summed E-state index contributed by atoms with van der Waals surface area (Å²) < 4.78 is 5.67. The molecule has 3 aromatic rings. The highest BCUT2D eigenvalue weighted by molar-refractivity contribution is 6.31. The number of nitrogens with one attached hydrogen (secondary N) is 3. The second-order valence-electron chi connectivity index (χ2n) is 8.52. The molecule has 37 heavy (non-hydrogen) atoms. The quantitative estimate of drug-likeness (QED) is 0.329. The molecule has 192 valence electrons. The Morgan fingerprint density at radius 2 is 1.70 bits per heavy atom. The van der Waals surface area contributed by atoms with Crippen molar-refractivity contribution in [2.75, 3.05) is 28.8 Å². The number of benzene rings is 3. The number of rotatable bonds is 9. The smallest absolute Gasteiger partial charge is 0.262 e. The van der Waals surface area contributed by atoms with Crippen molar-refractivity contribution in [3.05, 3.63) is 82.3 Å². The average Bonchev–Trinajstić information content (AvgIpc) is 3.29. The van der Waals surface area contributed by atoms with Crippen molar-refractivity contribution in [3.8, 4) is 5.75 Å². The summed E-state index contributed by atoms with van der Waals surface area (Å²) >= 11 is 12.0. The lowest BCUT2D eigenvalue weighted by Gasteiger charge is -2.18. The lowest BCUT2D eigenvalue weighted by Crippen LogP contribution is -2.36. The molecular formula is C27H26Cl2N4O4. The van der Waals surface area contributed by atoms with E-state index in [-0.39, 0.29) is 37.3 Å². The molecule has 0 spiro atoms. The number of carbonyl (C=O) groups excluding carboxylic acids is 3. The van der Waals surface area contributed by atoms with Crippen LogP contribution in [-0.4, -0.2) is 30.9 Å². The molecule has 0 bridgehead atoms. The number of aryl methyl sites for hydroxylation is 1. The molecule has 3 aromatic carbocycles. The van der Waals surface area contributed by atoms with E-state index >= 15 is 0 Å². The van der Waals surface area contributed by atoms with Crippen molar-refractivity contribution in [2.24, 2.45) is 5.92 Å². The van der Waals surface area contributed by atoms with Gasteiger partial charge in [0.25, 0.3) is 5.91 Å². The van der Waals surface area contributed by atoms with E-state index in [1.807, 2.05) is 24.3 Å². The van der Waals surface area contributed by atoms with E-state index in [4.69, 9.17) is 27.9 Å². The first-order chi connectivity index (χ1) is 17.8. The predicted molar refractivity (Wildman–Crippen MR) is 145 cm³/mol. The van der Waals surface area contributed by atoms with Crippen LogP contribution in [0.15, 0.2) is 66.7 Å². The summed E-state index contributed by atoms with van der Waals surface area (Å²) in [5.41, 5.74) is 8.33. The van der Waals surface area contributed by atoms with Crippen molar-refractivity contribution in [2.45, 2.75) is 19.8 Å². The fourth-order valence-electron chi connectivity index (χ4n) is 3.87. The maximum Gasteiger partial charge on any atom is 0.262 e. The number of amides is 3. The minimum atomic E-state index is -0.552. The van der Waals surface area contributed by atoms with Gasteiger partial charge in [0.15, 0.2) is 6.61 Å². The second kappa shape index (κ2) is 12.0. The number of hydrazine groups is 1. The minimum Gasteiger partial charge on any atom is -0.482 e. The summed E-state index contributed by atoms with van der Waals surface area (Å²) in [5.74, 6) is -1.06. The Hall–Kier alpha value is -3.75. The van der Waals surface area contributed by atoms with E-state index < -0.39 is 5.92 Å². The van der Waals surface area contributed by atoms with Gasteiger partial charge in [-0.05, 0) is 66.6 Å². The standard InChI is InChI=1S/C27H26Cl2N4O4/c1-2-17-3-8-21(9-4-17)30-25(34)16-37-24-12-7-20(29)14-23(24)31-32-27(36)18-13-26(35)33(15-18)22-10-5-19(28)6-11-22/h3-12,14,18,31H,2,13,15-16H2,1H3,(H,30,34)(H,32,36)/t18-/m1/s1. The van der Waals surface area contributed by atoms with Crippen LogP contribution in [0.25, 0.3) is 0 Å². The molecule has 1 atom stereocenters. The summed E-state index contributed by atoms with van der Waals surface area (Å²) in [6.07, 6.45) is 0.992. The summed E-state index contributed by atoms with van der Waals surface area (Å²) in [6, 6.07) is 19.2. The van der Waals surface area contributed by atoms with Crippen LogP contribution in [0.3, 0.4) is 0 Å². The molecule has 1 aliphatic rings. The number of ether oxygens (including phenoxy) is 1. The Morgan fingerprint density at radius 3 is 2.41 bits per heavy atom. The highest BCUT2D eigenvalue weighted by Crippen LogP contribution is 2.29. The van der Waals surface area contributed by atoms with E-state index in [1.54, 1.807) is 47.4 Å². The zero-order valence-corrected chi connectivity index (χ0v) is 21.6. The van der Waals surface area contributed by atoms with Crippen LogP contribution in [0.5, 0.6) is 5.75 Å². The molecule has 0 saturated carbocycles. The molecule has 8 nitrogen and oxygen atoms in total. The van der Waals surface area contributed by atoms with E-state index in [0.29, 0.717) is 32.9 Å². The van der Waals surface area contributed by atoms with Crippen molar-refractivity contribution in [3.63, 3.8) is 0 Å². The zero-order valence-electron chi connectivity index (χ0n) is 20.1. The van der Waals surface area contributed by atoms with E-state index in [0.717, 1.165) is 6.42 Å². The summed E-state index contributed by atoms with van der Waals surface area (Å²) in [5, 5.41) is 3.76. The SMILES string of the molecule is CCc1ccc(NC(=O)COc2ccc(Cl)cc2NNC(=O)[C@@H]2CC(=O)N(c3ccc(Cl)cc3)C2)cc1. The number of carbonyl (C=O) groups is 3. The summed E-state index contributed by atoms with van der Waals surface area (Å²) in [4.78, 5) is 39.2. The van der Waals surface area contributed by atoms with Crippen molar-refractivity contribution in [1.29, 1.82) is 0 Å². The third kappa shape index (κ3) is 6.93. The van der Waals surface area contributed by atoms with Gasteiger partial charge in [-0.25, -0.2) is 0 Å². The third-order valence-corrected chi connectivity index (χ3v) is 6.39. The molecule has 3 N–H and O–H groups in total. The number of nitrogens with zero attached hydrogens (tertiary/aromatic N) is 1. The topological polar surface area (TPSA) is 99.8 Å². The van der Waals surface area contributed by atoms with Gasteiger partial charge in [-0.1, -0.05) is 42.3 Å². The largest absolute Gasteiger partial charge is 0.482 e. The van der Waals surface area contributed by atoms with Crippen LogP contribution >= 0.6 is 23.2 Å². The number of anilines is 3. The molecule has 0 aliphatic carbocycles. The number of halogens is 2. The normalized spacial score (nSPS) is 14.8. The monoisotopic (exact) mass is 540 g/mol. The molecule has 0 unspecified atom stereocenters. The summed E-state index contributed by atoms with van der Waals surface area (Å²) in [7, 11) is 0. The van der Waals surface area contributed by atoms with Crippen LogP contribution in [0.1, 0.15) is 18.9 Å². The van der Waals surface area contributed by atoms with Crippen molar-refractivity contribution >= 4 is 58.0 Å². The van der Waals surface area contributed by atoms with Crippen LogP contribution in [0, 0.1) is 5.92 Å². The molecule has 1 saturated heterocycles. The van der Waals surface area contributed by atoms with E-state index in [2.05, 4.69) is 23.1 Å². The maximum atomic E-state index is 12.8. The first-order valence-electron chi connectivity index (χ1n) is 11.8. The highest BCUT2D eigenvalue weighted by Gasteiger charge is 2.35. The zero-order chi connectivity index (χ0) is 26.4. The Bertz CT molecular complexity index is 1280. The first-order valence-corrected chi connectivity index (χ1v) is 12.5. The lowest BCUT2D eigenvalue weighted by molar-refractivity contribution is -0.125. The van der Waals surface area contributed by atoms with Crippen LogP contribution in [0.2, 0.25) is 10.0 Å². The highest BCUT2D eigenvalue weighted by atomic mass is 35.5. The van der Waals surface area contributed by atoms with Gasteiger partial charge >= 0.3 is 0 Å². The van der Waals surface area contributed by atoms with Gasteiger partial charge in [0.2, 0.25) is 11.8 Å². The van der Waals surface area contributed by atoms with E-state index in [1.165, 1.54) is 5.56 Å². The molecule has 0 aromatic heterocycles. The van der Waals surface area contributed by atoms with Gasteiger partial charge in [-0.2, -0.15) is 0 Å². The molecule has 1 aliphatic heterocycles. The fourth-order valence-corrected chi connectivity index (χ4v) is 4.17. The number of hydrogen-bond acceptors (Lipinski definition) is 5. The molecular weight excluding hydrogens is 515 g/mol. The average molecular weight is 541 g/mol. The molecule has 10 heteroatoms. The molecule has 1 fully saturated rings. The van der Waals surface area contributed by atoms with Crippen LogP contribution in [-0.2, 0) is 20.8 Å². The molecule has 0 radical (unpaired) electrons. The number of hydrogen-bond donors (Lipinski definition) is 3. The fraction of sp³-hybridized carbons (Fsp3) is 0.222. The van der Waals surface area contributed by atoms with Gasteiger partial charge in [0.1, 0.15) is 5.75 Å². The van der Waals surface area contributed by atoms with Crippen molar-refractivity contribution in [1.82, 2.24) is 5.43 Å². The predicted octanol–water partition coefficient (Wildman–Crippen LogP) is 5.07. The van der Waals surface area contributed by atoms with Crippen LogP contribution in [0.4, 0.5) is 17.1 Å². The third-order valence-electron chi connectivity index (χ3n) is 5.90. The Morgan fingerprint density at radius 1 is 1.00 bits per heavy atom. The molecule has 1 heterocycles. The molecule has 4 rings (SSSR count). The Balaban J connectivity index is 1.32. The van der Waals surface area contributed by atoms with Gasteiger partial charge in [0, 0.05) is 34.4 Å². The lowest BCUT2D eigenvalue weighted by atomic mass is 10.1. The van der Waals surface area contributed by atoms with E-state index in [9.17, 15) is 14.4 Å². The Kier molecular flexibility index (Phi) is 8.53. The van der Waals surface area contributed by atoms with Gasteiger partial charge < -0.3 is 15.0 Å². The Labute approximate surface area is 224 Å². The molecule has 3 amide bonds. The van der Waals surface area contributed by atoms with Crippen molar-refractivity contribution < 1.29 is 19.1 Å². The maximum absolute atomic E-state index is 12.8. The second-order valence-corrected chi connectivity index (χ2v) is 9.40. The van der Waals surface area contributed by atoms with Gasteiger partial charge in [0.05, 0.1) is 11.6 Å². The van der Waals surface area contributed by atoms with Gasteiger partial charge in [-0.3, -0.25) is 25.2 Å². The van der Waals surface area contributed by atoms with Crippen LogP contribution < -0.4 is 25.8 Å². The summed E-state index contributed by atoms with van der Waals surface area (Å²) in [6.45, 7) is 2.06.